The second-order valence-corrected chi connectivity index (χ2v) is 3.41. The van der Waals surface area contributed by atoms with Gasteiger partial charge >= 0.3 is 5.97 Å². The van der Waals surface area contributed by atoms with Crippen molar-refractivity contribution in [3.63, 3.8) is 0 Å². The van der Waals surface area contributed by atoms with Gasteiger partial charge in [-0.1, -0.05) is 0 Å². The molecule has 2 aliphatic heterocycles. The van der Waals surface area contributed by atoms with Crippen molar-refractivity contribution in [2.45, 2.75) is 12.6 Å². The molecular formula is C7H10FNO2. The molecule has 4 heteroatoms. The summed E-state index contributed by atoms with van der Waals surface area (Å²) < 4.78 is 13.1. The van der Waals surface area contributed by atoms with Crippen molar-refractivity contribution >= 4 is 5.97 Å². The van der Waals surface area contributed by atoms with Crippen LogP contribution in [-0.2, 0) is 4.79 Å². The maximum absolute atomic E-state index is 13.1. The largest absolute Gasteiger partial charge is 0.481 e. The Labute approximate surface area is 63.8 Å². The number of rotatable bonds is 1. The predicted molar refractivity (Wildman–Crippen MR) is 36.0 cm³/mol. The summed E-state index contributed by atoms with van der Waals surface area (Å²) in [6.07, 6.45) is -0.683. The zero-order valence-corrected chi connectivity index (χ0v) is 6.09. The maximum Gasteiger partial charge on any atom is 0.314 e. The third kappa shape index (κ3) is 0.730. The molecule has 0 amide bonds. The Balaban J connectivity index is 2.29. The molecule has 2 aliphatic rings. The molecule has 1 N–H and O–H groups in total. The number of alkyl halides is 1. The van der Waals surface area contributed by atoms with E-state index in [9.17, 15) is 9.18 Å². The first kappa shape index (κ1) is 7.03. The second kappa shape index (κ2) is 1.94. The van der Waals surface area contributed by atoms with E-state index in [0.717, 1.165) is 6.54 Å². The van der Waals surface area contributed by atoms with Gasteiger partial charge in [-0.15, -0.1) is 0 Å². The molecule has 0 aromatic carbocycles. The molecular weight excluding hydrogens is 149 g/mol. The quantitative estimate of drug-likeness (QED) is 0.590. The summed E-state index contributed by atoms with van der Waals surface area (Å²) in [7, 11) is 0. The van der Waals surface area contributed by atoms with Gasteiger partial charge in [0.05, 0.1) is 0 Å². The molecule has 0 saturated carbocycles. The number of halogens is 1. The average molecular weight is 159 g/mol. The standard InChI is InChI=1S/C7H10FNO2/c8-5-3-9-2-1-7(5,4-9)6(10)11/h5H,1-4H2,(H,10,11). The summed E-state index contributed by atoms with van der Waals surface area (Å²) in [5.41, 5.74) is -1.06. The Morgan fingerprint density at radius 1 is 1.73 bits per heavy atom. The smallest absolute Gasteiger partial charge is 0.314 e. The number of piperidine rings is 1. The van der Waals surface area contributed by atoms with Gasteiger partial charge in [0.1, 0.15) is 11.6 Å². The van der Waals surface area contributed by atoms with Crippen molar-refractivity contribution < 1.29 is 14.3 Å². The average Bonchev–Trinajstić information content (AvgIpc) is 2.43. The van der Waals surface area contributed by atoms with Gasteiger partial charge in [-0.3, -0.25) is 9.69 Å². The summed E-state index contributed by atoms with van der Waals surface area (Å²) in [5.74, 6) is -0.968. The Kier molecular flexibility index (Phi) is 1.24. The Bertz CT molecular complexity index is 209. The fourth-order valence-corrected chi connectivity index (χ4v) is 2.04. The van der Waals surface area contributed by atoms with Crippen LogP contribution in [0.1, 0.15) is 6.42 Å². The lowest BCUT2D eigenvalue weighted by atomic mass is 9.83. The van der Waals surface area contributed by atoms with Crippen molar-refractivity contribution in [1.82, 2.24) is 4.90 Å². The van der Waals surface area contributed by atoms with Crippen LogP contribution in [0.15, 0.2) is 0 Å². The fraction of sp³-hybridized carbons (Fsp3) is 0.857. The van der Waals surface area contributed by atoms with Crippen LogP contribution >= 0.6 is 0 Å². The van der Waals surface area contributed by atoms with Crippen molar-refractivity contribution in [1.29, 1.82) is 0 Å². The summed E-state index contributed by atoms with van der Waals surface area (Å²) >= 11 is 0. The highest BCUT2D eigenvalue weighted by Crippen LogP contribution is 2.42. The Morgan fingerprint density at radius 3 is 2.73 bits per heavy atom. The predicted octanol–water partition coefficient (Wildman–Crippen LogP) is 0.115. The maximum atomic E-state index is 13.1. The van der Waals surface area contributed by atoms with Crippen LogP contribution in [0.5, 0.6) is 0 Å². The molecule has 2 heterocycles. The van der Waals surface area contributed by atoms with Crippen molar-refractivity contribution in [3.05, 3.63) is 0 Å². The lowest BCUT2D eigenvalue weighted by Crippen LogP contribution is -2.39. The van der Waals surface area contributed by atoms with Gasteiger partial charge in [-0.25, -0.2) is 4.39 Å². The molecule has 2 fully saturated rings. The number of carbonyl (C=O) groups is 1. The molecule has 2 bridgehead atoms. The van der Waals surface area contributed by atoms with Crippen LogP contribution in [0.4, 0.5) is 4.39 Å². The van der Waals surface area contributed by atoms with Gasteiger partial charge in [0.2, 0.25) is 0 Å². The first-order valence-electron chi connectivity index (χ1n) is 3.75. The van der Waals surface area contributed by atoms with Gasteiger partial charge in [0, 0.05) is 13.1 Å². The molecule has 0 radical (unpaired) electrons. The van der Waals surface area contributed by atoms with Crippen molar-refractivity contribution in [3.8, 4) is 0 Å². The van der Waals surface area contributed by atoms with E-state index >= 15 is 0 Å². The molecule has 0 aromatic rings. The molecule has 3 unspecified atom stereocenters. The highest BCUT2D eigenvalue weighted by molar-refractivity contribution is 5.77. The molecule has 11 heavy (non-hydrogen) atoms. The highest BCUT2D eigenvalue weighted by Gasteiger charge is 2.57. The molecule has 2 saturated heterocycles. The lowest BCUT2D eigenvalue weighted by molar-refractivity contribution is -0.150. The number of carboxylic acid groups (broad SMARTS) is 1. The monoisotopic (exact) mass is 159 g/mol. The Hall–Kier alpha value is -0.640. The van der Waals surface area contributed by atoms with Crippen LogP contribution in [0.3, 0.4) is 0 Å². The number of aliphatic carboxylic acids is 1. The molecule has 3 atom stereocenters. The number of fused-ring (bicyclic) bond motifs is 2. The van der Waals surface area contributed by atoms with Gasteiger partial charge < -0.3 is 5.11 Å². The SMILES string of the molecule is O=C(O)C12CCN(CC1F)C2. The first-order valence-corrected chi connectivity index (χ1v) is 3.75. The van der Waals surface area contributed by atoms with Crippen molar-refractivity contribution in [2.24, 2.45) is 5.41 Å². The van der Waals surface area contributed by atoms with E-state index in [-0.39, 0.29) is 0 Å². The number of hydrogen-bond acceptors (Lipinski definition) is 2. The topological polar surface area (TPSA) is 40.5 Å². The second-order valence-electron chi connectivity index (χ2n) is 3.41. The van der Waals surface area contributed by atoms with Crippen LogP contribution in [-0.4, -0.2) is 41.8 Å². The zero-order chi connectivity index (χ0) is 8.06. The highest BCUT2D eigenvalue weighted by atomic mass is 19.1. The molecule has 0 aliphatic carbocycles. The molecule has 62 valence electrons. The summed E-state index contributed by atoms with van der Waals surface area (Å²) in [4.78, 5) is 12.6. The lowest BCUT2D eigenvalue weighted by Gasteiger charge is -2.23. The minimum absolute atomic E-state index is 0.312. The summed E-state index contributed by atoms with van der Waals surface area (Å²) in [5, 5.41) is 8.79. The van der Waals surface area contributed by atoms with Crippen LogP contribution in [0.2, 0.25) is 0 Å². The van der Waals surface area contributed by atoms with Gasteiger partial charge in [-0.2, -0.15) is 0 Å². The van der Waals surface area contributed by atoms with Crippen LogP contribution in [0, 0.1) is 5.41 Å². The van der Waals surface area contributed by atoms with E-state index in [1.807, 2.05) is 4.90 Å². The van der Waals surface area contributed by atoms with E-state index in [4.69, 9.17) is 5.11 Å². The van der Waals surface area contributed by atoms with Crippen molar-refractivity contribution in [2.75, 3.05) is 19.6 Å². The number of nitrogens with zero attached hydrogens (tertiary/aromatic N) is 1. The number of hydrogen-bond donors (Lipinski definition) is 1. The minimum atomic E-state index is -1.16. The normalized spacial score (nSPS) is 48.1. The van der Waals surface area contributed by atoms with E-state index in [1.54, 1.807) is 0 Å². The van der Waals surface area contributed by atoms with E-state index in [1.165, 1.54) is 0 Å². The van der Waals surface area contributed by atoms with Crippen LogP contribution < -0.4 is 0 Å². The molecule has 2 rings (SSSR count). The molecule has 0 aromatic heterocycles. The van der Waals surface area contributed by atoms with E-state index in [0.29, 0.717) is 19.5 Å². The first-order chi connectivity index (χ1) is 5.15. The fourth-order valence-electron chi connectivity index (χ4n) is 2.04. The number of carboxylic acids is 1. The van der Waals surface area contributed by atoms with E-state index < -0.39 is 17.6 Å². The molecule has 3 nitrogen and oxygen atoms in total. The zero-order valence-electron chi connectivity index (χ0n) is 6.09. The summed E-state index contributed by atoms with van der Waals surface area (Å²) in [6, 6.07) is 0. The summed E-state index contributed by atoms with van der Waals surface area (Å²) in [6.45, 7) is 1.46. The third-order valence-electron chi connectivity index (χ3n) is 2.82. The van der Waals surface area contributed by atoms with Crippen LogP contribution in [0.25, 0.3) is 0 Å². The third-order valence-corrected chi connectivity index (χ3v) is 2.82. The van der Waals surface area contributed by atoms with Gasteiger partial charge in [0.15, 0.2) is 0 Å². The minimum Gasteiger partial charge on any atom is -0.481 e. The Morgan fingerprint density at radius 2 is 2.45 bits per heavy atom. The molecule has 0 spiro atoms. The van der Waals surface area contributed by atoms with Gasteiger partial charge in [0.25, 0.3) is 0 Å². The van der Waals surface area contributed by atoms with Gasteiger partial charge in [-0.05, 0) is 13.0 Å². The van der Waals surface area contributed by atoms with E-state index in [2.05, 4.69) is 0 Å².